The zero-order chi connectivity index (χ0) is 11.8. The standard InChI is InChI=1S/C13H23NOS/c1-11(2)15-9-5-4-8-14-10-13-7-6-12(3)16-13/h6-7,11,14H,4-5,8-10H2,1-3H3. The van der Waals surface area contributed by atoms with Gasteiger partial charge in [0.1, 0.15) is 0 Å². The highest BCUT2D eigenvalue weighted by molar-refractivity contribution is 7.11. The number of rotatable bonds is 8. The van der Waals surface area contributed by atoms with Crippen LogP contribution in [0.15, 0.2) is 12.1 Å². The van der Waals surface area contributed by atoms with Crippen LogP contribution in [0.25, 0.3) is 0 Å². The van der Waals surface area contributed by atoms with Crippen molar-refractivity contribution in [2.75, 3.05) is 13.2 Å². The van der Waals surface area contributed by atoms with Crippen molar-refractivity contribution in [2.45, 2.75) is 46.3 Å². The lowest BCUT2D eigenvalue weighted by Gasteiger charge is -2.07. The third-order valence-electron chi connectivity index (χ3n) is 2.29. The molecule has 0 fully saturated rings. The van der Waals surface area contributed by atoms with Crippen LogP contribution >= 0.6 is 11.3 Å². The minimum Gasteiger partial charge on any atom is -0.379 e. The van der Waals surface area contributed by atoms with Gasteiger partial charge in [-0.05, 0) is 52.3 Å². The van der Waals surface area contributed by atoms with Crippen molar-refractivity contribution >= 4 is 11.3 Å². The van der Waals surface area contributed by atoms with Gasteiger partial charge in [-0.2, -0.15) is 0 Å². The number of hydrogen-bond donors (Lipinski definition) is 1. The number of ether oxygens (including phenoxy) is 1. The first-order chi connectivity index (χ1) is 7.68. The van der Waals surface area contributed by atoms with Gasteiger partial charge in [0.2, 0.25) is 0 Å². The Morgan fingerprint density at radius 2 is 2.12 bits per heavy atom. The van der Waals surface area contributed by atoms with Crippen molar-refractivity contribution < 1.29 is 4.74 Å². The Labute approximate surface area is 103 Å². The summed E-state index contributed by atoms with van der Waals surface area (Å²) in [7, 11) is 0. The van der Waals surface area contributed by atoms with Crippen LogP contribution in [0, 0.1) is 6.92 Å². The number of aryl methyl sites for hydroxylation is 1. The van der Waals surface area contributed by atoms with Gasteiger partial charge in [0.15, 0.2) is 0 Å². The SMILES string of the molecule is Cc1ccc(CNCCCCOC(C)C)s1. The second-order valence-corrected chi connectivity index (χ2v) is 5.69. The molecule has 0 saturated carbocycles. The third kappa shape index (κ3) is 6.26. The van der Waals surface area contributed by atoms with Crippen LogP contribution in [0.1, 0.15) is 36.4 Å². The van der Waals surface area contributed by atoms with Crippen molar-refractivity contribution in [3.63, 3.8) is 0 Å². The Hall–Kier alpha value is -0.380. The lowest BCUT2D eigenvalue weighted by atomic mass is 10.3. The Kier molecular flexibility index (Phi) is 6.69. The summed E-state index contributed by atoms with van der Waals surface area (Å²) in [6, 6.07) is 4.38. The molecule has 0 bridgehead atoms. The molecular formula is C13H23NOS. The van der Waals surface area contributed by atoms with E-state index in [1.807, 2.05) is 11.3 Å². The van der Waals surface area contributed by atoms with Gasteiger partial charge in [-0.15, -0.1) is 11.3 Å². The number of hydrogen-bond acceptors (Lipinski definition) is 3. The summed E-state index contributed by atoms with van der Waals surface area (Å²) in [5.74, 6) is 0. The number of nitrogens with one attached hydrogen (secondary N) is 1. The molecule has 92 valence electrons. The highest BCUT2D eigenvalue weighted by Crippen LogP contribution is 2.14. The largest absolute Gasteiger partial charge is 0.379 e. The van der Waals surface area contributed by atoms with Crippen molar-refractivity contribution in [1.29, 1.82) is 0 Å². The summed E-state index contributed by atoms with van der Waals surface area (Å²) in [4.78, 5) is 2.82. The monoisotopic (exact) mass is 241 g/mol. The summed E-state index contributed by atoms with van der Waals surface area (Å²) in [6.45, 7) is 9.28. The van der Waals surface area contributed by atoms with Crippen molar-refractivity contribution in [3.8, 4) is 0 Å². The smallest absolute Gasteiger partial charge is 0.0518 e. The molecule has 0 aliphatic heterocycles. The molecule has 0 aliphatic rings. The van der Waals surface area contributed by atoms with Crippen molar-refractivity contribution in [2.24, 2.45) is 0 Å². The lowest BCUT2D eigenvalue weighted by molar-refractivity contribution is 0.0760. The summed E-state index contributed by atoms with van der Waals surface area (Å²) in [5, 5.41) is 3.46. The van der Waals surface area contributed by atoms with Crippen LogP contribution in [0.4, 0.5) is 0 Å². The average molecular weight is 241 g/mol. The van der Waals surface area contributed by atoms with E-state index in [0.717, 1.165) is 26.1 Å². The first-order valence-corrected chi connectivity index (χ1v) is 6.88. The first-order valence-electron chi connectivity index (χ1n) is 6.06. The fourth-order valence-electron chi connectivity index (χ4n) is 1.46. The highest BCUT2D eigenvalue weighted by Gasteiger charge is 1.96. The van der Waals surface area contributed by atoms with Crippen LogP contribution < -0.4 is 5.32 Å². The van der Waals surface area contributed by atoms with E-state index in [2.05, 4.69) is 38.2 Å². The van der Waals surface area contributed by atoms with Gasteiger partial charge in [-0.3, -0.25) is 0 Å². The van der Waals surface area contributed by atoms with Crippen LogP contribution in [0.2, 0.25) is 0 Å². The molecule has 2 nitrogen and oxygen atoms in total. The minimum absolute atomic E-state index is 0.363. The fraction of sp³-hybridized carbons (Fsp3) is 0.692. The van der Waals surface area contributed by atoms with E-state index in [9.17, 15) is 0 Å². The van der Waals surface area contributed by atoms with Gasteiger partial charge in [-0.1, -0.05) is 0 Å². The molecule has 3 heteroatoms. The zero-order valence-electron chi connectivity index (χ0n) is 10.6. The molecule has 1 aromatic heterocycles. The van der Waals surface area contributed by atoms with Gasteiger partial charge >= 0.3 is 0 Å². The lowest BCUT2D eigenvalue weighted by Crippen LogP contribution is -2.14. The summed E-state index contributed by atoms with van der Waals surface area (Å²) >= 11 is 1.87. The molecular weight excluding hydrogens is 218 g/mol. The molecule has 0 aromatic carbocycles. The molecule has 0 radical (unpaired) electrons. The molecule has 1 N–H and O–H groups in total. The van der Waals surface area contributed by atoms with E-state index in [1.165, 1.54) is 16.2 Å². The molecule has 0 saturated heterocycles. The molecule has 1 heterocycles. The number of unbranched alkanes of at least 4 members (excludes halogenated alkanes) is 1. The van der Waals surface area contributed by atoms with Gasteiger partial charge in [-0.25, -0.2) is 0 Å². The van der Waals surface area contributed by atoms with Gasteiger partial charge in [0.05, 0.1) is 6.10 Å². The zero-order valence-corrected chi connectivity index (χ0v) is 11.4. The molecule has 0 unspecified atom stereocenters. The Morgan fingerprint density at radius 3 is 2.75 bits per heavy atom. The molecule has 0 spiro atoms. The molecule has 0 amide bonds. The van der Waals surface area contributed by atoms with E-state index in [0.29, 0.717) is 6.10 Å². The average Bonchev–Trinajstić information content (AvgIpc) is 2.62. The normalized spacial score (nSPS) is 11.2. The van der Waals surface area contributed by atoms with Crippen LogP contribution in [-0.4, -0.2) is 19.3 Å². The van der Waals surface area contributed by atoms with Crippen LogP contribution in [0.3, 0.4) is 0 Å². The van der Waals surface area contributed by atoms with Crippen LogP contribution in [-0.2, 0) is 11.3 Å². The molecule has 1 rings (SSSR count). The predicted molar refractivity (Wildman–Crippen MR) is 71.1 cm³/mol. The minimum atomic E-state index is 0.363. The van der Waals surface area contributed by atoms with Crippen molar-refractivity contribution in [3.05, 3.63) is 21.9 Å². The second-order valence-electron chi connectivity index (χ2n) is 4.32. The first kappa shape index (κ1) is 13.7. The highest BCUT2D eigenvalue weighted by atomic mass is 32.1. The Morgan fingerprint density at radius 1 is 1.31 bits per heavy atom. The molecule has 0 atom stereocenters. The van der Waals surface area contributed by atoms with E-state index < -0.39 is 0 Å². The van der Waals surface area contributed by atoms with Gasteiger partial charge < -0.3 is 10.1 Å². The predicted octanol–water partition coefficient (Wildman–Crippen LogP) is 3.35. The third-order valence-corrected chi connectivity index (χ3v) is 3.29. The quantitative estimate of drug-likeness (QED) is 0.705. The van der Waals surface area contributed by atoms with Gasteiger partial charge in [0, 0.05) is 22.9 Å². The van der Waals surface area contributed by atoms with E-state index in [1.54, 1.807) is 0 Å². The molecule has 0 aliphatic carbocycles. The maximum Gasteiger partial charge on any atom is 0.0518 e. The second kappa shape index (κ2) is 7.82. The summed E-state index contributed by atoms with van der Waals surface area (Å²) in [6.07, 6.45) is 2.70. The van der Waals surface area contributed by atoms with Crippen LogP contribution in [0.5, 0.6) is 0 Å². The topological polar surface area (TPSA) is 21.3 Å². The summed E-state index contributed by atoms with van der Waals surface area (Å²) < 4.78 is 5.48. The Bertz CT molecular complexity index is 283. The fourth-order valence-corrected chi connectivity index (χ4v) is 2.32. The number of thiophene rings is 1. The van der Waals surface area contributed by atoms with Crippen molar-refractivity contribution in [1.82, 2.24) is 5.32 Å². The Balaban J connectivity index is 1.92. The maximum atomic E-state index is 5.48. The van der Waals surface area contributed by atoms with E-state index in [4.69, 9.17) is 4.74 Å². The van der Waals surface area contributed by atoms with Gasteiger partial charge in [0.25, 0.3) is 0 Å². The summed E-state index contributed by atoms with van der Waals surface area (Å²) in [5.41, 5.74) is 0. The molecule has 16 heavy (non-hydrogen) atoms. The van der Waals surface area contributed by atoms with E-state index >= 15 is 0 Å². The van der Waals surface area contributed by atoms with E-state index in [-0.39, 0.29) is 0 Å². The maximum absolute atomic E-state index is 5.48. The molecule has 1 aromatic rings.